The number of nitrogens with zero attached hydrogens (tertiary/aromatic N) is 1. The van der Waals surface area contributed by atoms with E-state index in [9.17, 15) is 0 Å². The molecule has 4 nitrogen and oxygen atoms in total. The SMILES string of the molecule is CCOC(OCC)C1=NC(C)(C)CO1. The fourth-order valence-corrected chi connectivity index (χ4v) is 1.23. The minimum atomic E-state index is -0.438. The van der Waals surface area contributed by atoms with Crippen molar-refractivity contribution >= 4 is 5.90 Å². The molecule has 1 heterocycles. The Balaban J connectivity index is 2.60. The molecule has 82 valence electrons. The van der Waals surface area contributed by atoms with E-state index in [1.54, 1.807) is 0 Å². The van der Waals surface area contributed by atoms with E-state index >= 15 is 0 Å². The Morgan fingerprint density at radius 3 is 2.29 bits per heavy atom. The minimum absolute atomic E-state index is 0.151. The van der Waals surface area contributed by atoms with Gasteiger partial charge < -0.3 is 14.2 Å². The Morgan fingerprint density at radius 1 is 1.36 bits per heavy atom. The number of rotatable bonds is 5. The lowest BCUT2D eigenvalue weighted by molar-refractivity contribution is -0.0998. The lowest BCUT2D eigenvalue weighted by Gasteiger charge is -2.15. The van der Waals surface area contributed by atoms with Gasteiger partial charge in [-0.25, -0.2) is 4.99 Å². The first-order valence-corrected chi connectivity index (χ1v) is 5.05. The van der Waals surface area contributed by atoms with Crippen LogP contribution in [0.5, 0.6) is 0 Å². The molecule has 0 N–H and O–H groups in total. The standard InChI is InChI=1S/C10H19NO3/c1-5-12-9(13-6-2)8-11-10(3,4)7-14-8/h9H,5-7H2,1-4H3. The number of ether oxygens (including phenoxy) is 3. The highest BCUT2D eigenvalue weighted by molar-refractivity contribution is 5.81. The van der Waals surface area contributed by atoms with Crippen LogP contribution in [-0.2, 0) is 14.2 Å². The Labute approximate surface area is 85.3 Å². The topological polar surface area (TPSA) is 40.0 Å². The average molecular weight is 201 g/mol. The first-order chi connectivity index (χ1) is 6.59. The highest BCUT2D eigenvalue weighted by Gasteiger charge is 2.31. The largest absolute Gasteiger partial charge is 0.475 e. The lowest BCUT2D eigenvalue weighted by atomic mass is 10.1. The molecule has 0 aromatic rings. The summed E-state index contributed by atoms with van der Waals surface area (Å²) >= 11 is 0. The third-order valence-corrected chi connectivity index (χ3v) is 1.82. The zero-order chi connectivity index (χ0) is 10.6. The molecule has 0 radical (unpaired) electrons. The highest BCUT2D eigenvalue weighted by atomic mass is 16.7. The Hall–Kier alpha value is -0.610. The molecule has 4 heteroatoms. The van der Waals surface area contributed by atoms with Crippen LogP contribution in [0.2, 0.25) is 0 Å². The second-order valence-corrected chi connectivity index (χ2v) is 3.79. The van der Waals surface area contributed by atoms with Crippen molar-refractivity contribution < 1.29 is 14.2 Å². The van der Waals surface area contributed by atoms with Gasteiger partial charge >= 0.3 is 0 Å². The molecule has 0 bridgehead atoms. The van der Waals surface area contributed by atoms with Crippen LogP contribution in [0.4, 0.5) is 0 Å². The molecule has 1 aliphatic heterocycles. The van der Waals surface area contributed by atoms with Crippen molar-refractivity contribution in [3.8, 4) is 0 Å². The van der Waals surface area contributed by atoms with Crippen LogP contribution >= 0.6 is 0 Å². The molecule has 1 aliphatic rings. The minimum Gasteiger partial charge on any atom is -0.475 e. The van der Waals surface area contributed by atoms with Crippen LogP contribution in [-0.4, -0.2) is 37.5 Å². The van der Waals surface area contributed by atoms with E-state index in [2.05, 4.69) is 4.99 Å². The second-order valence-electron chi connectivity index (χ2n) is 3.79. The summed E-state index contributed by atoms with van der Waals surface area (Å²) in [5.74, 6) is 0.568. The van der Waals surface area contributed by atoms with E-state index in [1.165, 1.54) is 0 Å². The predicted molar refractivity (Wildman–Crippen MR) is 54.5 cm³/mol. The summed E-state index contributed by atoms with van der Waals surface area (Å²) in [5, 5.41) is 0. The molecule has 0 saturated carbocycles. The van der Waals surface area contributed by atoms with Gasteiger partial charge in [-0.3, -0.25) is 0 Å². The zero-order valence-corrected chi connectivity index (χ0v) is 9.37. The third kappa shape index (κ3) is 2.96. The molecule has 0 spiro atoms. The molecule has 0 fully saturated rings. The van der Waals surface area contributed by atoms with Crippen molar-refractivity contribution in [1.82, 2.24) is 0 Å². The van der Waals surface area contributed by atoms with Crippen molar-refractivity contribution in [2.24, 2.45) is 4.99 Å². The van der Waals surface area contributed by atoms with Crippen LogP contribution in [0.15, 0.2) is 4.99 Å². The number of hydrogen-bond acceptors (Lipinski definition) is 4. The fraction of sp³-hybridized carbons (Fsp3) is 0.900. The Morgan fingerprint density at radius 2 is 1.93 bits per heavy atom. The zero-order valence-electron chi connectivity index (χ0n) is 9.37. The lowest BCUT2D eigenvalue weighted by Crippen LogP contribution is -2.27. The molecule has 0 aromatic carbocycles. The van der Waals surface area contributed by atoms with Crippen LogP contribution < -0.4 is 0 Å². The van der Waals surface area contributed by atoms with Crippen molar-refractivity contribution in [1.29, 1.82) is 0 Å². The Kier molecular flexibility index (Phi) is 3.89. The van der Waals surface area contributed by atoms with E-state index in [1.807, 2.05) is 27.7 Å². The summed E-state index contributed by atoms with van der Waals surface area (Å²) in [6, 6.07) is 0. The summed E-state index contributed by atoms with van der Waals surface area (Å²) in [6.45, 7) is 9.67. The van der Waals surface area contributed by atoms with Gasteiger partial charge in [-0.15, -0.1) is 0 Å². The number of hydrogen-bond donors (Lipinski definition) is 0. The van der Waals surface area contributed by atoms with Crippen LogP contribution in [0.3, 0.4) is 0 Å². The highest BCUT2D eigenvalue weighted by Crippen LogP contribution is 2.19. The molecule has 0 unspecified atom stereocenters. The van der Waals surface area contributed by atoms with Gasteiger partial charge in [0.15, 0.2) is 0 Å². The first kappa shape index (κ1) is 11.5. The van der Waals surface area contributed by atoms with Crippen molar-refractivity contribution in [3.63, 3.8) is 0 Å². The van der Waals surface area contributed by atoms with Crippen molar-refractivity contribution in [2.45, 2.75) is 39.5 Å². The number of aliphatic imine (C=N–C) groups is 1. The molecular weight excluding hydrogens is 182 g/mol. The molecule has 14 heavy (non-hydrogen) atoms. The van der Waals surface area contributed by atoms with Gasteiger partial charge in [0, 0.05) is 13.2 Å². The maximum Gasteiger partial charge on any atom is 0.242 e. The molecule has 1 rings (SSSR count). The van der Waals surface area contributed by atoms with Gasteiger partial charge in [0.1, 0.15) is 6.61 Å². The van der Waals surface area contributed by atoms with Gasteiger partial charge in [-0.2, -0.15) is 0 Å². The molecular formula is C10H19NO3. The fourth-order valence-electron chi connectivity index (χ4n) is 1.23. The second kappa shape index (κ2) is 4.75. The van der Waals surface area contributed by atoms with E-state index in [0.717, 1.165) is 0 Å². The first-order valence-electron chi connectivity index (χ1n) is 5.05. The normalized spacial score (nSPS) is 19.6. The van der Waals surface area contributed by atoms with E-state index in [-0.39, 0.29) is 5.54 Å². The van der Waals surface area contributed by atoms with Crippen LogP contribution in [0.25, 0.3) is 0 Å². The summed E-state index contributed by atoms with van der Waals surface area (Å²) in [7, 11) is 0. The smallest absolute Gasteiger partial charge is 0.242 e. The van der Waals surface area contributed by atoms with Crippen LogP contribution in [0.1, 0.15) is 27.7 Å². The monoisotopic (exact) mass is 201 g/mol. The van der Waals surface area contributed by atoms with E-state index < -0.39 is 6.29 Å². The van der Waals surface area contributed by atoms with Crippen molar-refractivity contribution in [2.75, 3.05) is 19.8 Å². The average Bonchev–Trinajstić information content (AvgIpc) is 2.46. The van der Waals surface area contributed by atoms with Crippen molar-refractivity contribution in [3.05, 3.63) is 0 Å². The van der Waals surface area contributed by atoms with Gasteiger partial charge in [0.2, 0.25) is 12.2 Å². The van der Waals surface area contributed by atoms with Gasteiger partial charge in [0.25, 0.3) is 0 Å². The third-order valence-electron chi connectivity index (χ3n) is 1.82. The molecule has 0 amide bonds. The molecule has 0 aromatic heterocycles. The maximum absolute atomic E-state index is 5.44. The molecule has 0 aliphatic carbocycles. The summed E-state index contributed by atoms with van der Waals surface area (Å²) < 4.78 is 16.2. The summed E-state index contributed by atoms with van der Waals surface area (Å²) in [4.78, 5) is 4.40. The Bertz CT molecular complexity index is 207. The van der Waals surface area contributed by atoms with Gasteiger partial charge in [-0.1, -0.05) is 0 Å². The van der Waals surface area contributed by atoms with E-state index in [0.29, 0.717) is 25.7 Å². The predicted octanol–water partition coefficient (Wildman–Crippen LogP) is 1.59. The molecule has 0 saturated heterocycles. The van der Waals surface area contributed by atoms with Gasteiger partial charge in [-0.05, 0) is 27.7 Å². The quantitative estimate of drug-likeness (QED) is 0.634. The maximum atomic E-state index is 5.44. The van der Waals surface area contributed by atoms with E-state index in [4.69, 9.17) is 14.2 Å². The van der Waals surface area contributed by atoms with Crippen LogP contribution in [0, 0.1) is 0 Å². The molecule has 0 atom stereocenters. The summed E-state index contributed by atoms with van der Waals surface area (Å²) in [5.41, 5.74) is -0.151. The van der Waals surface area contributed by atoms with Gasteiger partial charge in [0.05, 0.1) is 5.54 Å². The summed E-state index contributed by atoms with van der Waals surface area (Å²) in [6.07, 6.45) is -0.438.